The van der Waals surface area contributed by atoms with Crippen molar-refractivity contribution in [3.8, 4) is 0 Å². The van der Waals surface area contributed by atoms with Crippen molar-refractivity contribution in [2.45, 2.75) is 25.7 Å². The molecule has 3 heteroatoms. The third-order valence-electron chi connectivity index (χ3n) is 4.10. The molecule has 0 unspecified atom stereocenters. The second-order valence-electron chi connectivity index (χ2n) is 6.07. The van der Waals surface area contributed by atoms with Crippen LogP contribution in [0.4, 0.5) is 0 Å². The van der Waals surface area contributed by atoms with Crippen LogP contribution in [-0.2, 0) is 22.6 Å². The predicted molar refractivity (Wildman–Crippen MR) is 92.2 cm³/mol. The summed E-state index contributed by atoms with van der Waals surface area (Å²) in [4.78, 5) is 2.47. The molecular formula is C20H25NO2. The first-order valence-corrected chi connectivity index (χ1v) is 8.40. The van der Waals surface area contributed by atoms with Crippen molar-refractivity contribution in [3.63, 3.8) is 0 Å². The maximum atomic E-state index is 5.94. The minimum Gasteiger partial charge on any atom is -0.374 e. The monoisotopic (exact) mass is 311 g/mol. The van der Waals surface area contributed by atoms with Crippen molar-refractivity contribution < 1.29 is 9.47 Å². The molecule has 1 aliphatic rings. The summed E-state index contributed by atoms with van der Waals surface area (Å²) >= 11 is 0. The first-order chi connectivity index (χ1) is 11.4. The lowest BCUT2D eigenvalue weighted by Gasteiger charge is -2.23. The molecule has 3 nitrogen and oxygen atoms in total. The van der Waals surface area contributed by atoms with Gasteiger partial charge in [-0.2, -0.15) is 0 Å². The maximum Gasteiger partial charge on any atom is 0.0935 e. The van der Waals surface area contributed by atoms with Crippen LogP contribution in [0.3, 0.4) is 0 Å². The second kappa shape index (κ2) is 8.82. The van der Waals surface area contributed by atoms with Gasteiger partial charge < -0.3 is 9.47 Å². The van der Waals surface area contributed by atoms with Crippen molar-refractivity contribution in [2.24, 2.45) is 0 Å². The van der Waals surface area contributed by atoms with Gasteiger partial charge in [-0.1, -0.05) is 60.7 Å². The van der Waals surface area contributed by atoms with E-state index < -0.39 is 0 Å². The van der Waals surface area contributed by atoms with Crippen LogP contribution in [0.5, 0.6) is 0 Å². The summed E-state index contributed by atoms with van der Waals surface area (Å²) in [7, 11) is 0. The molecule has 23 heavy (non-hydrogen) atoms. The van der Waals surface area contributed by atoms with Crippen molar-refractivity contribution in [2.75, 3.05) is 26.3 Å². The van der Waals surface area contributed by atoms with E-state index >= 15 is 0 Å². The Hall–Kier alpha value is -1.68. The van der Waals surface area contributed by atoms with Crippen LogP contribution in [0.15, 0.2) is 60.7 Å². The van der Waals surface area contributed by atoms with Crippen molar-refractivity contribution >= 4 is 0 Å². The molecule has 1 fully saturated rings. The fourth-order valence-electron chi connectivity index (χ4n) is 2.94. The quantitative estimate of drug-likeness (QED) is 0.815. The standard InChI is InChI=1S/C20H25NO2/c1-3-8-18(9-4-1)14-21-12-7-13-23-20(15-21)17-22-16-19-10-5-2-6-11-19/h1-6,8-11,20H,7,12-17H2/t20-/m1/s1. The number of benzene rings is 2. The molecule has 0 N–H and O–H groups in total. The van der Waals surface area contributed by atoms with E-state index in [1.54, 1.807) is 0 Å². The van der Waals surface area contributed by atoms with E-state index in [2.05, 4.69) is 47.4 Å². The van der Waals surface area contributed by atoms with E-state index in [0.29, 0.717) is 13.2 Å². The molecule has 1 atom stereocenters. The largest absolute Gasteiger partial charge is 0.374 e. The van der Waals surface area contributed by atoms with Gasteiger partial charge >= 0.3 is 0 Å². The van der Waals surface area contributed by atoms with Gasteiger partial charge in [0.1, 0.15) is 0 Å². The van der Waals surface area contributed by atoms with Gasteiger partial charge in [-0.25, -0.2) is 0 Å². The number of rotatable bonds is 6. The van der Waals surface area contributed by atoms with Crippen molar-refractivity contribution in [1.29, 1.82) is 0 Å². The molecule has 0 aromatic heterocycles. The highest BCUT2D eigenvalue weighted by Gasteiger charge is 2.19. The van der Waals surface area contributed by atoms with E-state index in [4.69, 9.17) is 9.47 Å². The van der Waals surface area contributed by atoms with Crippen LogP contribution in [0.2, 0.25) is 0 Å². The first kappa shape index (κ1) is 16.2. The summed E-state index contributed by atoms with van der Waals surface area (Å²) in [6.45, 7) is 5.14. The van der Waals surface area contributed by atoms with Crippen LogP contribution in [0, 0.1) is 0 Å². The summed E-state index contributed by atoms with van der Waals surface area (Å²) in [5, 5.41) is 0. The molecule has 0 saturated carbocycles. The van der Waals surface area contributed by atoms with E-state index in [0.717, 1.165) is 32.7 Å². The minimum absolute atomic E-state index is 0.157. The topological polar surface area (TPSA) is 21.7 Å². The molecule has 0 spiro atoms. The molecule has 2 aromatic rings. The Morgan fingerprint density at radius 1 is 0.957 bits per heavy atom. The van der Waals surface area contributed by atoms with Crippen LogP contribution in [0.25, 0.3) is 0 Å². The Kier molecular flexibility index (Phi) is 6.21. The lowest BCUT2D eigenvalue weighted by Crippen LogP contribution is -2.34. The SMILES string of the molecule is c1ccc(COC[C@H]2CN(Cc3ccccc3)CCCO2)cc1. The van der Waals surface area contributed by atoms with Crippen molar-refractivity contribution in [1.82, 2.24) is 4.90 Å². The van der Waals surface area contributed by atoms with E-state index in [9.17, 15) is 0 Å². The van der Waals surface area contributed by atoms with Gasteiger partial charge in [0.25, 0.3) is 0 Å². The summed E-state index contributed by atoms with van der Waals surface area (Å²) < 4.78 is 11.8. The first-order valence-electron chi connectivity index (χ1n) is 8.40. The molecule has 3 rings (SSSR count). The molecule has 0 bridgehead atoms. The fraction of sp³-hybridized carbons (Fsp3) is 0.400. The lowest BCUT2D eigenvalue weighted by molar-refractivity contribution is -0.0219. The highest BCUT2D eigenvalue weighted by Crippen LogP contribution is 2.12. The number of ether oxygens (including phenoxy) is 2. The average molecular weight is 311 g/mol. The molecule has 2 aromatic carbocycles. The average Bonchev–Trinajstić information content (AvgIpc) is 2.82. The van der Waals surface area contributed by atoms with Gasteiger partial charge in [0.2, 0.25) is 0 Å². The number of nitrogens with zero attached hydrogens (tertiary/aromatic N) is 1. The number of hydrogen-bond donors (Lipinski definition) is 0. The summed E-state index contributed by atoms with van der Waals surface area (Å²) in [6, 6.07) is 20.9. The fourth-order valence-corrected chi connectivity index (χ4v) is 2.94. The molecule has 1 heterocycles. The predicted octanol–water partition coefficient (Wildman–Crippen LogP) is 3.49. The Morgan fingerprint density at radius 2 is 1.65 bits per heavy atom. The smallest absolute Gasteiger partial charge is 0.0935 e. The van der Waals surface area contributed by atoms with E-state index in [1.165, 1.54) is 11.1 Å². The van der Waals surface area contributed by atoms with Gasteiger partial charge in [-0.05, 0) is 17.5 Å². The van der Waals surface area contributed by atoms with Crippen LogP contribution in [0.1, 0.15) is 17.5 Å². The van der Waals surface area contributed by atoms with Crippen molar-refractivity contribution in [3.05, 3.63) is 71.8 Å². The molecule has 0 amide bonds. The Morgan fingerprint density at radius 3 is 2.39 bits per heavy atom. The molecule has 0 aliphatic carbocycles. The summed E-state index contributed by atoms with van der Waals surface area (Å²) in [5.41, 5.74) is 2.57. The van der Waals surface area contributed by atoms with Crippen LogP contribution < -0.4 is 0 Å². The number of hydrogen-bond acceptors (Lipinski definition) is 3. The Balaban J connectivity index is 1.47. The zero-order valence-corrected chi connectivity index (χ0v) is 13.6. The molecule has 122 valence electrons. The normalized spacial score (nSPS) is 19.4. The van der Waals surface area contributed by atoms with Gasteiger partial charge in [0.15, 0.2) is 0 Å². The van der Waals surface area contributed by atoms with Gasteiger partial charge in [-0.15, -0.1) is 0 Å². The highest BCUT2D eigenvalue weighted by molar-refractivity contribution is 5.14. The second-order valence-corrected chi connectivity index (χ2v) is 6.07. The molecular weight excluding hydrogens is 286 g/mol. The molecule has 1 aliphatic heterocycles. The van der Waals surface area contributed by atoms with Gasteiger partial charge in [0, 0.05) is 26.2 Å². The Labute approximate surface area is 138 Å². The zero-order valence-electron chi connectivity index (χ0n) is 13.6. The van der Waals surface area contributed by atoms with Gasteiger partial charge in [0.05, 0.1) is 19.3 Å². The minimum atomic E-state index is 0.157. The van der Waals surface area contributed by atoms with Crippen LogP contribution in [-0.4, -0.2) is 37.3 Å². The summed E-state index contributed by atoms with van der Waals surface area (Å²) in [5.74, 6) is 0. The molecule has 0 radical (unpaired) electrons. The molecule has 1 saturated heterocycles. The zero-order chi connectivity index (χ0) is 15.7. The highest BCUT2D eigenvalue weighted by atomic mass is 16.5. The lowest BCUT2D eigenvalue weighted by atomic mass is 10.2. The third kappa shape index (κ3) is 5.47. The third-order valence-corrected chi connectivity index (χ3v) is 4.10. The van der Waals surface area contributed by atoms with E-state index in [1.807, 2.05) is 18.2 Å². The van der Waals surface area contributed by atoms with Crippen LogP contribution >= 0.6 is 0 Å². The maximum absolute atomic E-state index is 5.94. The Bertz CT molecular complexity index is 558. The van der Waals surface area contributed by atoms with E-state index in [-0.39, 0.29) is 6.10 Å². The van der Waals surface area contributed by atoms with Gasteiger partial charge in [-0.3, -0.25) is 4.90 Å². The summed E-state index contributed by atoms with van der Waals surface area (Å²) in [6.07, 6.45) is 1.24.